The molecule has 1 heterocycles. The molecular weight excluding hydrogens is 208 g/mol. The van der Waals surface area contributed by atoms with Crippen molar-refractivity contribution in [1.82, 2.24) is 9.69 Å². The molecule has 0 spiro atoms. The number of carbonyl (C=O) groups is 1. The van der Waals surface area contributed by atoms with Crippen LogP contribution in [0.1, 0.15) is 47.5 Å². The maximum absolute atomic E-state index is 11.8. The first-order chi connectivity index (χ1) is 7.25. The Labute approximate surface area is 94.1 Å². The topological polar surface area (TPSA) is 42.0 Å². The minimum atomic E-state index is 0.0486. The van der Waals surface area contributed by atoms with Gasteiger partial charge in [0.1, 0.15) is 4.88 Å². The van der Waals surface area contributed by atoms with Gasteiger partial charge in [0.15, 0.2) is 0 Å². The Balaban J connectivity index is 1.91. The van der Waals surface area contributed by atoms with Crippen molar-refractivity contribution in [2.75, 3.05) is 0 Å². The SMILES string of the molecule is Cc1cc(C(=O)NC2CCCCC2)sn1. The van der Waals surface area contributed by atoms with Crippen LogP contribution < -0.4 is 5.32 Å². The Bertz CT molecular complexity index is 342. The number of hydrogen-bond donors (Lipinski definition) is 1. The Morgan fingerprint density at radius 1 is 1.47 bits per heavy atom. The second-order valence-corrected chi connectivity index (χ2v) is 4.95. The van der Waals surface area contributed by atoms with E-state index in [0.717, 1.165) is 23.4 Å². The molecule has 1 aliphatic carbocycles. The molecule has 15 heavy (non-hydrogen) atoms. The lowest BCUT2D eigenvalue weighted by Crippen LogP contribution is -2.35. The molecule has 3 nitrogen and oxygen atoms in total. The van der Waals surface area contributed by atoms with Crippen LogP contribution in [0.2, 0.25) is 0 Å². The van der Waals surface area contributed by atoms with E-state index >= 15 is 0 Å². The largest absolute Gasteiger partial charge is 0.349 e. The number of amides is 1. The van der Waals surface area contributed by atoms with Crippen molar-refractivity contribution >= 4 is 17.4 Å². The van der Waals surface area contributed by atoms with Gasteiger partial charge in [-0.25, -0.2) is 0 Å². The Hall–Kier alpha value is -0.900. The molecule has 0 aliphatic heterocycles. The highest BCUT2D eigenvalue weighted by Gasteiger charge is 2.17. The van der Waals surface area contributed by atoms with Crippen molar-refractivity contribution in [2.24, 2.45) is 0 Å². The molecule has 1 aromatic rings. The summed E-state index contributed by atoms with van der Waals surface area (Å²) in [5, 5.41) is 3.08. The number of carbonyl (C=O) groups excluding carboxylic acids is 1. The van der Waals surface area contributed by atoms with Crippen LogP contribution in [0.25, 0.3) is 0 Å². The van der Waals surface area contributed by atoms with E-state index in [2.05, 4.69) is 9.69 Å². The van der Waals surface area contributed by atoms with E-state index in [1.807, 2.05) is 13.0 Å². The molecule has 0 radical (unpaired) electrons. The van der Waals surface area contributed by atoms with Crippen molar-refractivity contribution in [1.29, 1.82) is 0 Å². The first-order valence-corrected chi connectivity index (χ1v) is 6.27. The molecule has 0 bridgehead atoms. The summed E-state index contributed by atoms with van der Waals surface area (Å²) >= 11 is 1.28. The van der Waals surface area contributed by atoms with E-state index in [4.69, 9.17) is 0 Å². The highest BCUT2D eigenvalue weighted by atomic mass is 32.1. The van der Waals surface area contributed by atoms with Gasteiger partial charge in [0.25, 0.3) is 5.91 Å². The van der Waals surface area contributed by atoms with Crippen LogP contribution in [0.3, 0.4) is 0 Å². The van der Waals surface area contributed by atoms with Crippen LogP contribution >= 0.6 is 11.5 Å². The summed E-state index contributed by atoms with van der Waals surface area (Å²) in [7, 11) is 0. The average Bonchev–Trinajstić information content (AvgIpc) is 2.66. The van der Waals surface area contributed by atoms with Gasteiger partial charge in [-0.15, -0.1) is 0 Å². The molecule has 0 saturated heterocycles. The van der Waals surface area contributed by atoms with Crippen LogP contribution in [0.15, 0.2) is 6.07 Å². The first kappa shape index (κ1) is 10.6. The monoisotopic (exact) mass is 224 g/mol. The van der Waals surface area contributed by atoms with Crippen LogP contribution in [0, 0.1) is 6.92 Å². The first-order valence-electron chi connectivity index (χ1n) is 5.50. The fourth-order valence-corrected chi connectivity index (χ4v) is 2.63. The molecule has 1 aromatic heterocycles. The third-order valence-corrected chi connectivity index (χ3v) is 3.67. The smallest absolute Gasteiger partial charge is 0.263 e. The molecule has 4 heteroatoms. The summed E-state index contributed by atoms with van der Waals surface area (Å²) in [6.45, 7) is 1.91. The number of hydrogen-bond acceptors (Lipinski definition) is 3. The predicted molar refractivity (Wildman–Crippen MR) is 61.2 cm³/mol. The van der Waals surface area contributed by atoms with E-state index in [0.29, 0.717) is 6.04 Å². The molecule has 0 unspecified atom stereocenters. The van der Waals surface area contributed by atoms with Crippen LogP contribution in [0.4, 0.5) is 0 Å². The molecule has 1 amide bonds. The summed E-state index contributed by atoms with van der Waals surface area (Å²) < 4.78 is 4.11. The molecule has 0 atom stereocenters. The van der Waals surface area contributed by atoms with E-state index in [9.17, 15) is 4.79 Å². The lowest BCUT2D eigenvalue weighted by Gasteiger charge is -2.22. The molecule has 0 aromatic carbocycles. The minimum Gasteiger partial charge on any atom is -0.349 e. The maximum atomic E-state index is 11.8. The zero-order valence-electron chi connectivity index (χ0n) is 8.95. The van der Waals surface area contributed by atoms with Crippen molar-refractivity contribution in [3.05, 3.63) is 16.6 Å². The molecule has 1 N–H and O–H groups in total. The molecular formula is C11H16N2OS. The van der Waals surface area contributed by atoms with Gasteiger partial charge < -0.3 is 5.32 Å². The van der Waals surface area contributed by atoms with E-state index in [-0.39, 0.29) is 5.91 Å². The minimum absolute atomic E-state index is 0.0486. The zero-order chi connectivity index (χ0) is 10.7. The van der Waals surface area contributed by atoms with Crippen molar-refractivity contribution in [3.63, 3.8) is 0 Å². The maximum Gasteiger partial charge on any atom is 0.263 e. The Morgan fingerprint density at radius 3 is 2.80 bits per heavy atom. The Kier molecular flexibility index (Phi) is 3.36. The number of aromatic nitrogens is 1. The summed E-state index contributed by atoms with van der Waals surface area (Å²) in [6, 6.07) is 2.23. The van der Waals surface area contributed by atoms with Crippen LogP contribution in [0.5, 0.6) is 0 Å². The molecule has 1 saturated carbocycles. The van der Waals surface area contributed by atoms with Crippen molar-refractivity contribution in [3.8, 4) is 0 Å². The average molecular weight is 224 g/mol. The van der Waals surface area contributed by atoms with Crippen LogP contribution in [-0.4, -0.2) is 16.3 Å². The lowest BCUT2D eigenvalue weighted by atomic mass is 9.95. The van der Waals surface area contributed by atoms with Crippen LogP contribution in [-0.2, 0) is 0 Å². The van der Waals surface area contributed by atoms with Gasteiger partial charge in [0.05, 0.1) is 5.69 Å². The quantitative estimate of drug-likeness (QED) is 0.838. The fourth-order valence-electron chi connectivity index (χ4n) is 1.97. The number of rotatable bonds is 2. The summed E-state index contributed by atoms with van der Waals surface area (Å²) in [5.74, 6) is 0.0486. The second kappa shape index (κ2) is 4.75. The lowest BCUT2D eigenvalue weighted by molar-refractivity contribution is 0.0932. The third-order valence-electron chi connectivity index (χ3n) is 2.79. The van der Waals surface area contributed by atoms with E-state index in [1.165, 1.54) is 30.8 Å². The third kappa shape index (κ3) is 2.78. The molecule has 1 aliphatic rings. The normalized spacial score (nSPS) is 17.7. The van der Waals surface area contributed by atoms with Gasteiger partial charge >= 0.3 is 0 Å². The Morgan fingerprint density at radius 2 is 2.20 bits per heavy atom. The fraction of sp³-hybridized carbons (Fsp3) is 0.636. The molecule has 82 valence electrons. The van der Waals surface area contributed by atoms with Gasteiger partial charge in [0, 0.05) is 6.04 Å². The highest BCUT2D eigenvalue weighted by molar-refractivity contribution is 7.08. The number of aryl methyl sites for hydroxylation is 1. The number of nitrogens with one attached hydrogen (secondary N) is 1. The summed E-state index contributed by atoms with van der Waals surface area (Å²) in [4.78, 5) is 12.5. The predicted octanol–water partition coefficient (Wildman–Crippen LogP) is 2.51. The standard InChI is InChI=1S/C11H16N2OS/c1-8-7-10(15-13-8)11(14)12-9-5-3-2-4-6-9/h7,9H,2-6H2,1H3,(H,12,14). The highest BCUT2D eigenvalue weighted by Crippen LogP contribution is 2.18. The van der Waals surface area contributed by atoms with Crippen molar-refractivity contribution < 1.29 is 4.79 Å². The summed E-state index contributed by atoms with van der Waals surface area (Å²) in [6.07, 6.45) is 6.05. The second-order valence-electron chi connectivity index (χ2n) is 4.14. The van der Waals surface area contributed by atoms with E-state index in [1.54, 1.807) is 0 Å². The van der Waals surface area contributed by atoms with Gasteiger partial charge in [-0.05, 0) is 37.4 Å². The van der Waals surface area contributed by atoms with E-state index < -0.39 is 0 Å². The molecule has 1 fully saturated rings. The zero-order valence-corrected chi connectivity index (χ0v) is 9.77. The van der Waals surface area contributed by atoms with Crippen molar-refractivity contribution in [2.45, 2.75) is 45.1 Å². The molecule has 2 rings (SSSR count). The number of nitrogens with zero attached hydrogens (tertiary/aromatic N) is 1. The van der Waals surface area contributed by atoms with Gasteiger partial charge in [-0.1, -0.05) is 19.3 Å². The van der Waals surface area contributed by atoms with Gasteiger partial charge in [-0.3, -0.25) is 4.79 Å². The van der Waals surface area contributed by atoms with Gasteiger partial charge in [-0.2, -0.15) is 4.37 Å². The van der Waals surface area contributed by atoms with Gasteiger partial charge in [0.2, 0.25) is 0 Å². The summed E-state index contributed by atoms with van der Waals surface area (Å²) in [5.41, 5.74) is 0.925.